The summed E-state index contributed by atoms with van der Waals surface area (Å²) in [7, 11) is -2.65. The minimum absolute atomic E-state index is 0.0339. The van der Waals surface area contributed by atoms with Crippen LogP contribution < -0.4 is 10.1 Å². The zero-order valence-corrected chi connectivity index (χ0v) is 18.9. The minimum atomic E-state index is -4.59. The second-order valence-corrected chi connectivity index (χ2v) is 10.7. The predicted octanol–water partition coefficient (Wildman–Crippen LogP) is 3.41. The normalized spacial score (nSPS) is 25.6. The van der Waals surface area contributed by atoms with Crippen molar-refractivity contribution in [1.82, 2.24) is 5.32 Å². The molecule has 32 heavy (non-hydrogen) atoms. The van der Waals surface area contributed by atoms with E-state index < -0.39 is 50.8 Å². The maximum absolute atomic E-state index is 13.2. The van der Waals surface area contributed by atoms with E-state index in [0.29, 0.717) is 12.8 Å². The van der Waals surface area contributed by atoms with Gasteiger partial charge in [0.15, 0.2) is 15.9 Å². The molecule has 2 saturated carbocycles. The Labute approximate surface area is 188 Å². The Morgan fingerprint density at radius 1 is 1.34 bits per heavy atom. The standard InChI is InChI=1S/C20H22ClF3N2O5S/c1-11(20(22,23)24)31-12-3-4-17(15(21)7-12)32(28,29)13-8-14(16(9-13)30-2)18(27)26-19(10-25)5-6-19/h3-4,7,11,13-14,16H,5-6,8-9H2,1-2H3,(H,26,27)/t11-,13+,14+,16+/m0/s1. The van der Waals surface area contributed by atoms with Crippen molar-refractivity contribution in [2.24, 2.45) is 5.92 Å². The molecule has 1 aromatic rings. The van der Waals surface area contributed by atoms with Gasteiger partial charge in [-0.1, -0.05) is 11.6 Å². The monoisotopic (exact) mass is 494 g/mol. The first kappa shape index (κ1) is 24.6. The SMILES string of the molecule is CO[C@@H]1C[C@H](S(=O)(=O)c2ccc(O[C@@H](C)C(F)(F)F)cc2Cl)C[C@H]1C(=O)NC1(C#N)CC1. The topological polar surface area (TPSA) is 105 Å². The number of hydrogen-bond donors (Lipinski definition) is 1. The molecule has 0 bridgehead atoms. The summed E-state index contributed by atoms with van der Waals surface area (Å²) in [6, 6.07) is 5.28. The number of nitrogens with one attached hydrogen (secondary N) is 1. The van der Waals surface area contributed by atoms with E-state index >= 15 is 0 Å². The van der Waals surface area contributed by atoms with E-state index in [1.54, 1.807) is 0 Å². The summed E-state index contributed by atoms with van der Waals surface area (Å²) in [5, 5.41) is 10.6. The third-order valence-corrected chi connectivity index (χ3v) is 8.51. The van der Waals surface area contributed by atoms with Gasteiger partial charge in [0, 0.05) is 13.2 Å². The molecule has 0 spiro atoms. The van der Waals surface area contributed by atoms with Gasteiger partial charge in [-0.2, -0.15) is 18.4 Å². The van der Waals surface area contributed by atoms with E-state index in [4.69, 9.17) is 21.1 Å². The minimum Gasteiger partial charge on any atom is -0.481 e. The highest BCUT2D eigenvalue weighted by atomic mass is 35.5. The molecule has 0 unspecified atom stereocenters. The van der Waals surface area contributed by atoms with Gasteiger partial charge in [-0.25, -0.2) is 8.42 Å². The molecule has 0 aliphatic heterocycles. The lowest BCUT2D eigenvalue weighted by Crippen LogP contribution is -2.42. The number of carbonyl (C=O) groups excluding carboxylic acids is 1. The molecule has 4 atom stereocenters. The van der Waals surface area contributed by atoms with Gasteiger partial charge in [0.05, 0.1) is 33.3 Å². The fraction of sp³-hybridized carbons (Fsp3) is 0.600. The first-order chi connectivity index (χ1) is 14.8. The van der Waals surface area contributed by atoms with Crippen LogP contribution in [0, 0.1) is 17.2 Å². The number of methoxy groups -OCH3 is 1. The second kappa shape index (κ2) is 8.72. The highest BCUT2D eigenvalue weighted by Gasteiger charge is 2.50. The molecule has 2 aliphatic carbocycles. The van der Waals surface area contributed by atoms with Gasteiger partial charge in [-0.3, -0.25) is 4.79 Å². The molecule has 2 aliphatic rings. The van der Waals surface area contributed by atoms with Crippen molar-refractivity contribution >= 4 is 27.3 Å². The van der Waals surface area contributed by atoms with Crippen LogP contribution in [0.4, 0.5) is 13.2 Å². The third-order valence-electron chi connectivity index (χ3n) is 5.85. The lowest BCUT2D eigenvalue weighted by molar-refractivity contribution is -0.189. The predicted molar refractivity (Wildman–Crippen MR) is 108 cm³/mol. The summed E-state index contributed by atoms with van der Waals surface area (Å²) in [4.78, 5) is 12.4. The average Bonchev–Trinajstić information content (AvgIpc) is 3.33. The van der Waals surface area contributed by atoms with Crippen molar-refractivity contribution in [1.29, 1.82) is 5.26 Å². The van der Waals surface area contributed by atoms with Gasteiger partial charge in [0.1, 0.15) is 11.3 Å². The molecule has 2 fully saturated rings. The third kappa shape index (κ3) is 4.97. The lowest BCUT2D eigenvalue weighted by atomic mass is 10.0. The Hall–Kier alpha value is -2.03. The van der Waals surface area contributed by atoms with Gasteiger partial charge in [-0.05, 0) is 44.7 Å². The summed E-state index contributed by atoms with van der Waals surface area (Å²) in [5.74, 6) is -1.42. The van der Waals surface area contributed by atoms with Gasteiger partial charge in [0.2, 0.25) is 5.91 Å². The van der Waals surface area contributed by atoms with Crippen molar-refractivity contribution in [2.45, 2.75) is 66.7 Å². The Morgan fingerprint density at radius 2 is 2.00 bits per heavy atom. The van der Waals surface area contributed by atoms with Gasteiger partial charge >= 0.3 is 6.18 Å². The number of ether oxygens (including phenoxy) is 2. The first-order valence-electron chi connectivity index (χ1n) is 9.86. The first-order valence-corrected chi connectivity index (χ1v) is 11.8. The molecule has 3 rings (SSSR count). The highest BCUT2D eigenvalue weighted by molar-refractivity contribution is 7.92. The molecule has 0 saturated heterocycles. The summed E-state index contributed by atoms with van der Waals surface area (Å²) >= 11 is 6.09. The number of halogens is 4. The van der Waals surface area contributed by atoms with E-state index in [1.807, 2.05) is 0 Å². The largest absolute Gasteiger partial charge is 0.481 e. The van der Waals surface area contributed by atoms with E-state index in [1.165, 1.54) is 7.11 Å². The van der Waals surface area contributed by atoms with Crippen molar-refractivity contribution in [2.75, 3.05) is 7.11 Å². The molecule has 0 heterocycles. The number of benzene rings is 1. The maximum atomic E-state index is 13.2. The number of carbonyl (C=O) groups is 1. The van der Waals surface area contributed by atoms with Crippen LogP contribution in [-0.2, 0) is 19.4 Å². The summed E-state index contributed by atoms with van der Waals surface area (Å²) in [6.45, 7) is 0.825. The fourth-order valence-corrected chi connectivity index (χ4v) is 6.04. The van der Waals surface area contributed by atoms with E-state index in [0.717, 1.165) is 25.1 Å². The number of rotatable bonds is 7. The fourth-order valence-electron chi connectivity index (χ4n) is 3.70. The molecule has 12 heteroatoms. The van der Waals surface area contributed by atoms with Crippen LogP contribution in [0.2, 0.25) is 5.02 Å². The molecule has 1 N–H and O–H groups in total. The molecular formula is C20H22ClF3N2O5S. The molecule has 176 valence electrons. The lowest BCUT2D eigenvalue weighted by Gasteiger charge is -2.19. The Bertz CT molecular complexity index is 1040. The van der Waals surface area contributed by atoms with Crippen LogP contribution in [0.5, 0.6) is 5.75 Å². The van der Waals surface area contributed by atoms with Gasteiger partial charge in [0.25, 0.3) is 0 Å². The Kier molecular flexibility index (Phi) is 6.71. The van der Waals surface area contributed by atoms with Crippen LogP contribution in [0.25, 0.3) is 0 Å². The van der Waals surface area contributed by atoms with Crippen molar-refractivity contribution in [3.8, 4) is 11.8 Å². The summed E-state index contributed by atoms with van der Waals surface area (Å²) < 4.78 is 74.6. The van der Waals surface area contributed by atoms with Gasteiger partial charge < -0.3 is 14.8 Å². The Balaban J connectivity index is 1.77. The molecule has 0 radical (unpaired) electrons. The summed E-state index contributed by atoms with van der Waals surface area (Å²) in [5.41, 5.74) is -0.890. The van der Waals surface area contributed by atoms with Crippen molar-refractivity contribution in [3.05, 3.63) is 23.2 Å². The number of nitriles is 1. The second-order valence-electron chi connectivity index (χ2n) is 8.10. The number of sulfone groups is 1. The molecule has 1 aromatic carbocycles. The number of amides is 1. The summed E-state index contributed by atoms with van der Waals surface area (Å²) in [6.07, 6.45) is -6.27. The van der Waals surface area contributed by atoms with Crippen LogP contribution in [0.15, 0.2) is 23.1 Å². The Morgan fingerprint density at radius 3 is 2.50 bits per heavy atom. The van der Waals surface area contributed by atoms with Crippen LogP contribution >= 0.6 is 11.6 Å². The van der Waals surface area contributed by atoms with E-state index in [9.17, 15) is 31.6 Å². The molecule has 0 aromatic heterocycles. The van der Waals surface area contributed by atoms with Crippen molar-refractivity contribution < 1.29 is 35.9 Å². The van der Waals surface area contributed by atoms with Crippen LogP contribution in [0.1, 0.15) is 32.6 Å². The quantitative estimate of drug-likeness (QED) is 0.622. The molecular weight excluding hydrogens is 473 g/mol. The van der Waals surface area contributed by atoms with E-state index in [-0.39, 0.29) is 28.5 Å². The number of nitrogens with zero attached hydrogens (tertiary/aromatic N) is 1. The average molecular weight is 495 g/mol. The molecule has 1 amide bonds. The van der Waals surface area contributed by atoms with Crippen LogP contribution in [0.3, 0.4) is 0 Å². The zero-order chi connectivity index (χ0) is 23.9. The maximum Gasteiger partial charge on any atom is 0.425 e. The van der Waals surface area contributed by atoms with E-state index in [2.05, 4.69) is 11.4 Å². The highest BCUT2D eigenvalue weighted by Crippen LogP contribution is 2.40. The van der Waals surface area contributed by atoms with Crippen molar-refractivity contribution in [3.63, 3.8) is 0 Å². The number of hydrogen-bond acceptors (Lipinski definition) is 6. The smallest absolute Gasteiger partial charge is 0.425 e. The van der Waals surface area contributed by atoms with Gasteiger partial charge in [-0.15, -0.1) is 0 Å². The van der Waals surface area contributed by atoms with Crippen LogP contribution in [-0.4, -0.2) is 50.6 Å². The zero-order valence-electron chi connectivity index (χ0n) is 17.3. The molecule has 7 nitrogen and oxygen atoms in total. The number of alkyl halides is 3.